The number of carboxylic acid groups (broad SMARTS) is 2. The van der Waals surface area contributed by atoms with E-state index in [1.165, 1.54) is 32.8 Å². The number of nitrogens with one attached hydrogen (secondary N) is 3. The minimum atomic E-state index is -4.19. The number of ether oxygens (including phenoxy) is 2. The normalized spacial score (nSPS) is 12.9. The molecule has 0 radical (unpaired) electrons. The molecule has 0 saturated heterocycles. The number of aromatic nitrogens is 3. The first-order chi connectivity index (χ1) is 21.7. The number of hydrogen-bond acceptors (Lipinski definition) is 11. The van der Waals surface area contributed by atoms with E-state index in [-0.39, 0.29) is 34.4 Å². The van der Waals surface area contributed by atoms with Crippen molar-refractivity contribution in [2.45, 2.75) is 51.1 Å². The Morgan fingerprint density at radius 3 is 2.46 bits per heavy atom. The molecule has 0 aliphatic carbocycles. The third-order valence-electron chi connectivity index (χ3n) is 7.26. The molecule has 46 heavy (non-hydrogen) atoms. The van der Waals surface area contributed by atoms with Crippen molar-refractivity contribution in [3.05, 3.63) is 46.8 Å². The lowest BCUT2D eigenvalue weighted by Crippen LogP contribution is -2.42. The maximum atomic E-state index is 14.0. The zero-order valence-electron chi connectivity index (χ0n) is 26.0. The van der Waals surface area contributed by atoms with E-state index in [0.717, 1.165) is 15.8 Å². The summed E-state index contributed by atoms with van der Waals surface area (Å²) in [5.41, 5.74) is 0.246. The van der Waals surface area contributed by atoms with Gasteiger partial charge in [-0.3, -0.25) is 0 Å². The summed E-state index contributed by atoms with van der Waals surface area (Å²) in [5.74, 6) is 1.12. The third-order valence-corrected chi connectivity index (χ3v) is 10.4. The number of nitrogens with zero attached hydrogens (tertiary/aromatic N) is 4. The number of carbonyl (C=O) groups is 2. The van der Waals surface area contributed by atoms with Gasteiger partial charge >= 0.3 is 12.2 Å². The molecule has 0 unspecified atom stereocenters. The van der Waals surface area contributed by atoms with E-state index in [2.05, 4.69) is 46.2 Å². The fraction of sp³-hybridized carbons (Fsp3) is 0.464. The first kappa shape index (κ1) is 36.6. The first-order valence-corrected chi connectivity index (χ1v) is 17.0. The minimum absolute atomic E-state index is 0.0999. The van der Waals surface area contributed by atoms with Crippen LogP contribution >= 0.6 is 27.5 Å². The van der Waals surface area contributed by atoms with Crippen LogP contribution in [0.25, 0.3) is 0 Å². The van der Waals surface area contributed by atoms with Crippen LogP contribution in [0.1, 0.15) is 39.2 Å². The second-order valence-corrected chi connectivity index (χ2v) is 14.6. The molecule has 252 valence electrons. The fourth-order valence-electron chi connectivity index (χ4n) is 4.77. The molecule has 0 aliphatic rings. The summed E-state index contributed by atoms with van der Waals surface area (Å²) in [6.07, 6.45) is 1.33. The summed E-state index contributed by atoms with van der Waals surface area (Å²) in [5, 5.41) is 26.5. The van der Waals surface area contributed by atoms with Crippen LogP contribution in [-0.2, 0) is 16.6 Å². The van der Waals surface area contributed by atoms with E-state index < -0.39 is 28.3 Å². The summed E-state index contributed by atoms with van der Waals surface area (Å²) < 4.78 is 44.2. The van der Waals surface area contributed by atoms with Gasteiger partial charge in [-0.05, 0) is 65.2 Å². The molecule has 2 aromatic heterocycles. The number of halogens is 1. The van der Waals surface area contributed by atoms with Crippen LogP contribution in [0.4, 0.5) is 20.5 Å². The standard InChI is InChI=1S/C28H38BrN7O8S2/c1-17(35-27(39)40)19(12-28(2,3)8-9-30-26(37)38)13-31-24-22(29)11-21(14-32-24)46(41,42)36(25-33-16-34-45-25)15-18-6-7-20(43-4)10-23(18)44-5/h6-7,10-11,14,16-17,19,30,35H,8-9,12-13,15H2,1-5H3,(H,31,32)(H,37,38)(H,39,40)/t17-,19+/m1/s1. The monoisotopic (exact) mass is 743 g/mol. The van der Waals surface area contributed by atoms with E-state index in [0.29, 0.717) is 46.7 Å². The van der Waals surface area contributed by atoms with Crippen molar-refractivity contribution < 1.29 is 37.7 Å². The number of hydrogen-bond donors (Lipinski definition) is 5. The zero-order valence-corrected chi connectivity index (χ0v) is 29.2. The van der Waals surface area contributed by atoms with Crippen LogP contribution in [0.2, 0.25) is 0 Å². The molecule has 5 N–H and O–H groups in total. The maximum Gasteiger partial charge on any atom is 0.404 e. The van der Waals surface area contributed by atoms with E-state index in [1.807, 2.05) is 13.8 Å². The molecule has 15 nitrogen and oxygen atoms in total. The van der Waals surface area contributed by atoms with E-state index in [1.54, 1.807) is 25.1 Å². The molecular weight excluding hydrogens is 706 g/mol. The van der Waals surface area contributed by atoms with Crippen LogP contribution in [0.5, 0.6) is 11.5 Å². The number of sulfonamides is 1. The number of amides is 2. The lowest BCUT2D eigenvalue weighted by atomic mass is 9.77. The Morgan fingerprint density at radius 1 is 1.13 bits per heavy atom. The fourth-order valence-corrected chi connectivity index (χ4v) is 7.52. The minimum Gasteiger partial charge on any atom is -0.497 e. The number of anilines is 2. The molecule has 1 aromatic carbocycles. The Labute approximate surface area is 280 Å². The largest absolute Gasteiger partial charge is 0.497 e. The van der Waals surface area contributed by atoms with E-state index in [4.69, 9.17) is 14.6 Å². The highest BCUT2D eigenvalue weighted by molar-refractivity contribution is 9.10. The SMILES string of the molecule is COc1ccc(CN(c2ncns2)S(=O)(=O)c2cnc(NC[C@H](CC(C)(C)CCNC(=O)O)[C@@H](C)NC(=O)O)c(Br)c2)c(OC)c1. The van der Waals surface area contributed by atoms with E-state index >= 15 is 0 Å². The molecular formula is C28H38BrN7O8S2. The van der Waals surface area contributed by atoms with Crippen molar-refractivity contribution in [2.75, 3.05) is 36.9 Å². The van der Waals surface area contributed by atoms with Gasteiger partial charge in [0.25, 0.3) is 10.0 Å². The number of benzene rings is 1. The lowest BCUT2D eigenvalue weighted by molar-refractivity contribution is 0.173. The van der Waals surface area contributed by atoms with Crippen molar-refractivity contribution in [3.63, 3.8) is 0 Å². The molecule has 0 aliphatic heterocycles. The summed E-state index contributed by atoms with van der Waals surface area (Å²) in [6.45, 7) is 6.17. The third kappa shape index (κ3) is 10.1. The van der Waals surface area contributed by atoms with Crippen LogP contribution in [0.15, 0.2) is 46.2 Å². The molecule has 2 amide bonds. The number of pyridine rings is 1. The lowest BCUT2D eigenvalue weighted by Gasteiger charge is -2.33. The van der Waals surface area contributed by atoms with Crippen LogP contribution in [0, 0.1) is 11.3 Å². The predicted octanol–water partition coefficient (Wildman–Crippen LogP) is 4.87. The molecule has 0 spiro atoms. The van der Waals surface area contributed by atoms with Crippen LogP contribution in [0.3, 0.4) is 0 Å². The Morgan fingerprint density at radius 2 is 1.87 bits per heavy atom. The van der Waals surface area contributed by atoms with Gasteiger partial charge in [-0.1, -0.05) is 13.8 Å². The molecule has 2 heterocycles. The summed E-state index contributed by atoms with van der Waals surface area (Å²) >= 11 is 4.36. The highest BCUT2D eigenvalue weighted by Gasteiger charge is 2.31. The molecule has 2 atom stereocenters. The molecule has 0 bridgehead atoms. The Kier molecular flexibility index (Phi) is 12.8. The summed E-state index contributed by atoms with van der Waals surface area (Å²) in [7, 11) is -1.19. The van der Waals surface area contributed by atoms with Crippen molar-refractivity contribution in [2.24, 2.45) is 11.3 Å². The van der Waals surface area contributed by atoms with Gasteiger partial charge < -0.3 is 35.6 Å². The Balaban J connectivity index is 1.84. The average molecular weight is 745 g/mol. The number of rotatable bonds is 17. The summed E-state index contributed by atoms with van der Waals surface area (Å²) in [4.78, 5) is 30.7. The highest BCUT2D eigenvalue weighted by Crippen LogP contribution is 2.34. The van der Waals surface area contributed by atoms with Crippen molar-refractivity contribution in [1.29, 1.82) is 0 Å². The van der Waals surface area contributed by atoms with Crippen molar-refractivity contribution in [3.8, 4) is 11.5 Å². The second kappa shape index (κ2) is 16.1. The molecule has 3 rings (SSSR count). The first-order valence-electron chi connectivity index (χ1n) is 14.0. The quantitative estimate of drug-likeness (QED) is 0.126. The van der Waals surface area contributed by atoms with Gasteiger partial charge in [-0.2, -0.15) is 4.37 Å². The van der Waals surface area contributed by atoms with Crippen LogP contribution in [-0.4, -0.2) is 78.5 Å². The van der Waals surface area contributed by atoms with Gasteiger partial charge in [0, 0.05) is 48.5 Å². The molecule has 0 saturated carbocycles. The van der Waals surface area contributed by atoms with E-state index in [9.17, 15) is 23.1 Å². The molecule has 18 heteroatoms. The maximum absolute atomic E-state index is 14.0. The van der Waals surface area contributed by atoms with Crippen LogP contribution < -0.4 is 29.7 Å². The summed E-state index contributed by atoms with van der Waals surface area (Å²) in [6, 6.07) is 6.05. The molecule has 0 fully saturated rings. The Bertz CT molecular complexity index is 1590. The molecule has 3 aromatic rings. The highest BCUT2D eigenvalue weighted by atomic mass is 79.9. The second-order valence-electron chi connectivity index (χ2n) is 11.1. The van der Waals surface area contributed by atoms with Gasteiger partial charge in [-0.25, -0.2) is 32.3 Å². The van der Waals surface area contributed by atoms with Gasteiger partial charge in [-0.15, -0.1) is 0 Å². The zero-order chi connectivity index (χ0) is 34.1. The van der Waals surface area contributed by atoms with Gasteiger partial charge in [0.1, 0.15) is 28.5 Å². The van der Waals surface area contributed by atoms with Gasteiger partial charge in [0.05, 0.1) is 25.2 Å². The number of methoxy groups -OCH3 is 2. The van der Waals surface area contributed by atoms with Crippen molar-refractivity contribution in [1.82, 2.24) is 25.0 Å². The predicted molar refractivity (Wildman–Crippen MR) is 176 cm³/mol. The van der Waals surface area contributed by atoms with Gasteiger partial charge in [0.2, 0.25) is 5.13 Å². The Hall–Kier alpha value is -3.90. The smallest absolute Gasteiger partial charge is 0.404 e. The van der Waals surface area contributed by atoms with Gasteiger partial charge in [0.15, 0.2) is 0 Å². The average Bonchev–Trinajstić information content (AvgIpc) is 3.52. The topological polar surface area (TPSA) is 205 Å². The van der Waals surface area contributed by atoms with Crippen molar-refractivity contribution >= 4 is 60.6 Å².